The normalized spacial score (nSPS) is 15.7. The lowest BCUT2D eigenvalue weighted by Gasteiger charge is -2.16. The fourth-order valence-corrected chi connectivity index (χ4v) is 2.95. The Morgan fingerprint density at radius 2 is 2.14 bits per heavy atom. The number of aromatic amines is 1. The number of rotatable bonds is 3. The van der Waals surface area contributed by atoms with E-state index in [1.54, 1.807) is 12.3 Å². The Morgan fingerprint density at radius 3 is 2.86 bits per heavy atom. The minimum Gasteiger partial charge on any atom is -0.351 e. The number of carbonyl (C=O) groups is 1. The Labute approximate surface area is 132 Å². The van der Waals surface area contributed by atoms with Gasteiger partial charge in [0.1, 0.15) is 5.69 Å². The first-order valence-corrected chi connectivity index (χ1v) is 7.55. The first-order valence-electron chi connectivity index (χ1n) is 7.18. The first kappa shape index (κ1) is 13.3. The summed E-state index contributed by atoms with van der Waals surface area (Å²) in [5, 5.41) is 4.73. The molecule has 1 aromatic carbocycles. The van der Waals surface area contributed by atoms with Gasteiger partial charge in [0, 0.05) is 28.3 Å². The summed E-state index contributed by atoms with van der Waals surface area (Å²) in [6.45, 7) is 0. The van der Waals surface area contributed by atoms with E-state index in [1.807, 2.05) is 36.5 Å². The smallest absolute Gasteiger partial charge is 0.268 e. The minimum atomic E-state index is -0.264. The highest BCUT2D eigenvalue weighted by Crippen LogP contribution is 2.45. The zero-order valence-corrected chi connectivity index (χ0v) is 12.5. The summed E-state index contributed by atoms with van der Waals surface area (Å²) < 4.78 is 0. The Bertz CT molecular complexity index is 853. The van der Waals surface area contributed by atoms with Crippen LogP contribution in [0.25, 0.3) is 10.9 Å². The molecule has 0 aliphatic heterocycles. The van der Waals surface area contributed by atoms with Crippen LogP contribution in [-0.2, 0) is 5.54 Å². The molecule has 22 heavy (non-hydrogen) atoms. The molecule has 2 N–H and O–H groups in total. The molecule has 4 rings (SSSR count). The van der Waals surface area contributed by atoms with Crippen LogP contribution in [0.1, 0.15) is 28.9 Å². The second-order valence-corrected chi connectivity index (χ2v) is 6.13. The number of carbonyl (C=O) groups excluding carboxylic acids is 1. The molecule has 0 unspecified atom stereocenters. The molecule has 5 heteroatoms. The van der Waals surface area contributed by atoms with Crippen molar-refractivity contribution in [3.8, 4) is 0 Å². The topological polar surface area (TPSA) is 57.8 Å². The molecule has 110 valence electrons. The van der Waals surface area contributed by atoms with Crippen molar-refractivity contribution in [3.05, 3.63) is 65.1 Å². The predicted octanol–water partition coefficient (Wildman–Crippen LogP) is 3.64. The maximum atomic E-state index is 12.5. The zero-order chi connectivity index (χ0) is 15.2. The van der Waals surface area contributed by atoms with E-state index >= 15 is 0 Å². The van der Waals surface area contributed by atoms with E-state index in [2.05, 4.69) is 15.3 Å². The average Bonchev–Trinajstić information content (AvgIpc) is 3.18. The molecule has 1 saturated carbocycles. The van der Waals surface area contributed by atoms with Crippen LogP contribution in [0.3, 0.4) is 0 Å². The van der Waals surface area contributed by atoms with Gasteiger partial charge in [-0.3, -0.25) is 9.78 Å². The molecule has 1 fully saturated rings. The molecule has 0 radical (unpaired) electrons. The number of hydrogen-bond donors (Lipinski definition) is 2. The standard InChI is InChI=1S/C17H14ClN3O/c18-13-3-4-14-11(8-13)9-15(20-14)16(22)21-17(5-6-17)12-2-1-7-19-10-12/h1-4,7-10,20H,5-6H2,(H,21,22). The number of pyridine rings is 1. The van der Waals surface area contributed by atoms with E-state index in [-0.39, 0.29) is 11.4 Å². The highest BCUT2D eigenvalue weighted by molar-refractivity contribution is 6.31. The Kier molecular flexibility index (Phi) is 2.94. The van der Waals surface area contributed by atoms with E-state index in [1.165, 1.54) is 0 Å². The van der Waals surface area contributed by atoms with Crippen molar-refractivity contribution in [2.75, 3.05) is 0 Å². The highest BCUT2D eigenvalue weighted by atomic mass is 35.5. The second kappa shape index (κ2) is 4.85. The van der Waals surface area contributed by atoms with Crippen molar-refractivity contribution in [3.63, 3.8) is 0 Å². The van der Waals surface area contributed by atoms with E-state index in [0.29, 0.717) is 10.7 Å². The van der Waals surface area contributed by atoms with Gasteiger partial charge in [0.2, 0.25) is 0 Å². The number of amides is 1. The molecule has 4 nitrogen and oxygen atoms in total. The van der Waals surface area contributed by atoms with Gasteiger partial charge < -0.3 is 10.3 Å². The van der Waals surface area contributed by atoms with Gasteiger partial charge in [-0.1, -0.05) is 17.7 Å². The van der Waals surface area contributed by atoms with Crippen LogP contribution in [0.4, 0.5) is 0 Å². The van der Waals surface area contributed by atoms with Gasteiger partial charge >= 0.3 is 0 Å². The highest BCUT2D eigenvalue weighted by Gasteiger charge is 2.46. The van der Waals surface area contributed by atoms with E-state index in [0.717, 1.165) is 29.3 Å². The van der Waals surface area contributed by atoms with Gasteiger partial charge in [0.15, 0.2) is 0 Å². The van der Waals surface area contributed by atoms with Gasteiger partial charge in [-0.05, 0) is 48.7 Å². The second-order valence-electron chi connectivity index (χ2n) is 5.69. The van der Waals surface area contributed by atoms with Crippen molar-refractivity contribution in [1.82, 2.24) is 15.3 Å². The zero-order valence-electron chi connectivity index (χ0n) is 11.8. The number of benzene rings is 1. The van der Waals surface area contributed by atoms with Crippen LogP contribution in [0.2, 0.25) is 5.02 Å². The number of fused-ring (bicyclic) bond motifs is 1. The number of hydrogen-bond acceptors (Lipinski definition) is 2. The average molecular weight is 312 g/mol. The van der Waals surface area contributed by atoms with Gasteiger partial charge in [-0.15, -0.1) is 0 Å². The number of aromatic nitrogens is 2. The third-order valence-corrected chi connectivity index (χ3v) is 4.38. The molecule has 0 spiro atoms. The van der Waals surface area contributed by atoms with Gasteiger partial charge in [-0.2, -0.15) is 0 Å². The SMILES string of the molecule is O=C(NC1(c2cccnc2)CC1)c1cc2cc(Cl)ccc2[nH]1. The number of nitrogens with zero attached hydrogens (tertiary/aromatic N) is 1. The molecule has 0 saturated heterocycles. The summed E-state index contributed by atoms with van der Waals surface area (Å²) in [7, 11) is 0. The Morgan fingerprint density at radius 1 is 1.27 bits per heavy atom. The third kappa shape index (κ3) is 2.25. The fourth-order valence-electron chi connectivity index (χ4n) is 2.77. The maximum Gasteiger partial charge on any atom is 0.268 e. The molecule has 3 aromatic rings. The molecule has 1 aliphatic carbocycles. The lowest BCUT2D eigenvalue weighted by atomic mass is 10.1. The molecular weight excluding hydrogens is 298 g/mol. The molecule has 0 bridgehead atoms. The molecule has 2 heterocycles. The minimum absolute atomic E-state index is 0.103. The first-order chi connectivity index (χ1) is 10.7. The lowest BCUT2D eigenvalue weighted by Crippen LogP contribution is -2.35. The number of H-pyrrole nitrogens is 1. The van der Waals surface area contributed by atoms with Gasteiger partial charge in [0.05, 0.1) is 5.54 Å². The molecule has 1 amide bonds. The van der Waals surface area contributed by atoms with E-state index in [4.69, 9.17) is 11.6 Å². The summed E-state index contributed by atoms with van der Waals surface area (Å²) in [6.07, 6.45) is 5.44. The van der Waals surface area contributed by atoms with Crippen molar-refractivity contribution in [2.24, 2.45) is 0 Å². The largest absolute Gasteiger partial charge is 0.351 e. The summed E-state index contributed by atoms with van der Waals surface area (Å²) in [5.74, 6) is -0.103. The van der Waals surface area contributed by atoms with Gasteiger partial charge in [0.25, 0.3) is 5.91 Å². The van der Waals surface area contributed by atoms with Crippen LogP contribution < -0.4 is 5.32 Å². The fraction of sp³-hybridized carbons (Fsp3) is 0.176. The van der Waals surface area contributed by atoms with Crippen LogP contribution in [0.15, 0.2) is 48.8 Å². The number of halogens is 1. The quantitative estimate of drug-likeness (QED) is 0.776. The summed E-state index contributed by atoms with van der Waals surface area (Å²) in [6, 6.07) is 11.3. The van der Waals surface area contributed by atoms with Crippen molar-refractivity contribution in [1.29, 1.82) is 0 Å². The van der Waals surface area contributed by atoms with Crippen LogP contribution in [-0.4, -0.2) is 15.9 Å². The summed E-state index contributed by atoms with van der Waals surface area (Å²) in [4.78, 5) is 19.8. The monoisotopic (exact) mass is 311 g/mol. The maximum absolute atomic E-state index is 12.5. The number of nitrogens with one attached hydrogen (secondary N) is 2. The van der Waals surface area contributed by atoms with Crippen molar-refractivity contribution >= 4 is 28.4 Å². The van der Waals surface area contributed by atoms with E-state index in [9.17, 15) is 4.79 Å². The van der Waals surface area contributed by atoms with Crippen LogP contribution in [0, 0.1) is 0 Å². The van der Waals surface area contributed by atoms with E-state index < -0.39 is 0 Å². The molecular formula is C17H14ClN3O. The summed E-state index contributed by atoms with van der Waals surface area (Å²) in [5.41, 5.74) is 2.25. The Hall–Kier alpha value is -2.33. The van der Waals surface area contributed by atoms with Gasteiger partial charge in [-0.25, -0.2) is 0 Å². The van der Waals surface area contributed by atoms with Crippen LogP contribution in [0.5, 0.6) is 0 Å². The van der Waals surface area contributed by atoms with Crippen molar-refractivity contribution < 1.29 is 4.79 Å². The third-order valence-electron chi connectivity index (χ3n) is 4.14. The molecule has 1 aliphatic rings. The Balaban J connectivity index is 1.61. The summed E-state index contributed by atoms with van der Waals surface area (Å²) >= 11 is 5.98. The van der Waals surface area contributed by atoms with Crippen molar-refractivity contribution in [2.45, 2.75) is 18.4 Å². The molecule has 2 aromatic heterocycles. The predicted molar refractivity (Wildman–Crippen MR) is 85.9 cm³/mol. The molecule has 0 atom stereocenters. The lowest BCUT2D eigenvalue weighted by molar-refractivity contribution is 0.0926. The van der Waals surface area contributed by atoms with Crippen LogP contribution >= 0.6 is 11.6 Å².